The predicted molar refractivity (Wildman–Crippen MR) is 106 cm³/mol. The van der Waals surface area contributed by atoms with Crippen LogP contribution in [-0.4, -0.2) is 43.7 Å². The van der Waals surface area contributed by atoms with E-state index in [2.05, 4.69) is 0 Å². The Labute approximate surface area is 166 Å². The van der Waals surface area contributed by atoms with Crippen LogP contribution in [0.5, 0.6) is 5.75 Å². The number of hydrogen-bond acceptors (Lipinski definition) is 5. The smallest absolute Gasteiger partial charge is 0.336 e. The van der Waals surface area contributed by atoms with Crippen molar-refractivity contribution in [3.8, 4) is 16.9 Å². The number of nitrogens with zero attached hydrogens (tertiary/aromatic N) is 1. The van der Waals surface area contributed by atoms with Gasteiger partial charge in [0.05, 0.1) is 18.2 Å². The number of rotatable bonds is 4. The molecule has 0 N–H and O–H groups in total. The van der Waals surface area contributed by atoms with Crippen molar-refractivity contribution in [3.05, 3.63) is 64.0 Å². The van der Waals surface area contributed by atoms with Crippen molar-refractivity contribution in [1.29, 1.82) is 0 Å². The number of benzene rings is 2. The number of amides is 1. The largest absolute Gasteiger partial charge is 0.482 e. The lowest BCUT2D eigenvalue weighted by Crippen LogP contribution is -2.43. The minimum Gasteiger partial charge on any atom is -0.482 e. The summed E-state index contributed by atoms with van der Waals surface area (Å²) in [5.41, 5.74) is 1.49. The first-order chi connectivity index (χ1) is 13.6. The Morgan fingerprint density at radius 2 is 1.86 bits per heavy atom. The number of carbonyl (C=O) groups is 1. The second-order valence-electron chi connectivity index (χ2n) is 6.41. The number of ether oxygens (including phenoxy) is 2. The maximum Gasteiger partial charge on any atom is 0.336 e. The monoisotopic (exact) mass is 399 g/mol. The van der Waals surface area contributed by atoms with Crippen LogP contribution in [0.1, 0.15) is 0 Å². The molecule has 4 rings (SSSR count). The van der Waals surface area contributed by atoms with Crippen molar-refractivity contribution in [1.82, 2.24) is 4.90 Å². The third-order valence-corrected chi connectivity index (χ3v) is 4.89. The van der Waals surface area contributed by atoms with Crippen molar-refractivity contribution in [2.45, 2.75) is 0 Å². The second kappa shape index (κ2) is 8.04. The van der Waals surface area contributed by atoms with Gasteiger partial charge in [-0.2, -0.15) is 0 Å². The van der Waals surface area contributed by atoms with Crippen LogP contribution in [0.4, 0.5) is 0 Å². The number of fused-ring (bicyclic) bond motifs is 1. The predicted octanol–water partition coefficient (Wildman–Crippen LogP) is 3.35. The van der Waals surface area contributed by atoms with E-state index in [1.54, 1.807) is 17.0 Å². The lowest BCUT2D eigenvalue weighted by atomic mass is 10.0. The highest BCUT2D eigenvalue weighted by molar-refractivity contribution is 6.33. The zero-order valence-corrected chi connectivity index (χ0v) is 15.8. The molecule has 1 saturated heterocycles. The van der Waals surface area contributed by atoms with E-state index >= 15 is 0 Å². The maximum absolute atomic E-state index is 12.3. The minimum atomic E-state index is -0.469. The van der Waals surface area contributed by atoms with Crippen molar-refractivity contribution in [2.75, 3.05) is 32.9 Å². The van der Waals surface area contributed by atoms with Gasteiger partial charge in [0.25, 0.3) is 5.91 Å². The van der Waals surface area contributed by atoms with Gasteiger partial charge in [0.2, 0.25) is 0 Å². The molecule has 1 aliphatic rings. The van der Waals surface area contributed by atoms with Gasteiger partial charge < -0.3 is 18.8 Å². The molecule has 0 atom stereocenters. The van der Waals surface area contributed by atoms with Crippen LogP contribution in [0.25, 0.3) is 22.1 Å². The van der Waals surface area contributed by atoms with E-state index in [-0.39, 0.29) is 12.5 Å². The van der Waals surface area contributed by atoms with E-state index in [1.165, 1.54) is 6.07 Å². The van der Waals surface area contributed by atoms with Gasteiger partial charge in [-0.05, 0) is 17.2 Å². The van der Waals surface area contributed by atoms with Gasteiger partial charge in [0, 0.05) is 30.6 Å². The summed E-state index contributed by atoms with van der Waals surface area (Å²) >= 11 is 6.38. The molecular weight excluding hydrogens is 382 g/mol. The summed E-state index contributed by atoms with van der Waals surface area (Å²) in [6.07, 6.45) is 0. The maximum atomic E-state index is 12.3. The average Bonchev–Trinajstić information content (AvgIpc) is 2.73. The molecule has 7 heteroatoms. The molecule has 3 aromatic rings. The average molecular weight is 400 g/mol. The first kappa shape index (κ1) is 18.5. The van der Waals surface area contributed by atoms with E-state index in [0.717, 1.165) is 11.1 Å². The molecule has 0 unspecified atom stereocenters. The minimum absolute atomic E-state index is 0.140. The van der Waals surface area contributed by atoms with Crippen LogP contribution < -0.4 is 10.4 Å². The van der Waals surface area contributed by atoms with E-state index in [9.17, 15) is 9.59 Å². The molecule has 1 amide bonds. The molecule has 2 heterocycles. The number of morpholine rings is 1. The van der Waals surface area contributed by atoms with Crippen molar-refractivity contribution < 1.29 is 18.7 Å². The Balaban J connectivity index is 1.63. The van der Waals surface area contributed by atoms with E-state index in [1.807, 2.05) is 30.3 Å². The van der Waals surface area contributed by atoms with Crippen LogP contribution in [0.2, 0.25) is 5.02 Å². The summed E-state index contributed by atoms with van der Waals surface area (Å²) in [6, 6.07) is 14.2. The fourth-order valence-electron chi connectivity index (χ4n) is 3.17. The van der Waals surface area contributed by atoms with Gasteiger partial charge in [-0.25, -0.2) is 4.79 Å². The highest BCUT2D eigenvalue weighted by Crippen LogP contribution is 2.34. The third kappa shape index (κ3) is 3.88. The lowest BCUT2D eigenvalue weighted by molar-refractivity contribution is -0.137. The summed E-state index contributed by atoms with van der Waals surface area (Å²) in [6.45, 7) is 1.99. The van der Waals surface area contributed by atoms with Gasteiger partial charge in [0.1, 0.15) is 11.3 Å². The van der Waals surface area contributed by atoms with Crippen molar-refractivity contribution >= 4 is 28.5 Å². The highest BCUT2D eigenvalue weighted by atomic mass is 35.5. The summed E-state index contributed by atoms with van der Waals surface area (Å²) in [4.78, 5) is 26.0. The molecule has 1 aliphatic heterocycles. The quantitative estimate of drug-likeness (QED) is 0.629. The normalized spacial score (nSPS) is 14.2. The molecule has 28 heavy (non-hydrogen) atoms. The zero-order chi connectivity index (χ0) is 19.5. The Kier molecular flexibility index (Phi) is 5.32. The first-order valence-electron chi connectivity index (χ1n) is 8.93. The fraction of sp³-hybridized carbons (Fsp3) is 0.238. The molecule has 0 spiro atoms. The number of halogens is 1. The molecule has 1 fully saturated rings. The third-order valence-electron chi connectivity index (χ3n) is 4.60. The molecule has 0 radical (unpaired) electrons. The Morgan fingerprint density at radius 1 is 1.11 bits per heavy atom. The van der Waals surface area contributed by atoms with Crippen LogP contribution in [0.3, 0.4) is 0 Å². The lowest BCUT2D eigenvalue weighted by Gasteiger charge is -2.26. The second-order valence-corrected chi connectivity index (χ2v) is 6.81. The summed E-state index contributed by atoms with van der Waals surface area (Å²) in [5, 5.41) is 1.04. The van der Waals surface area contributed by atoms with Gasteiger partial charge >= 0.3 is 5.63 Å². The van der Waals surface area contributed by atoms with Crippen LogP contribution >= 0.6 is 11.6 Å². The zero-order valence-electron chi connectivity index (χ0n) is 15.0. The van der Waals surface area contributed by atoms with Crippen LogP contribution in [0, 0.1) is 0 Å². The fourth-order valence-corrected chi connectivity index (χ4v) is 3.39. The summed E-state index contributed by atoms with van der Waals surface area (Å²) in [5.74, 6) is 0.156. The molecule has 6 nitrogen and oxygen atoms in total. The SMILES string of the molecule is O=C(COc1cc2oc(=O)cc(-c3ccccc3)c2cc1Cl)N1CCOCC1. The van der Waals surface area contributed by atoms with E-state index < -0.39 is 5.63 Å². The van der Waals surface area contributed by atoms with E-state index in [4.69, 9.17) is 25.5 Å². The standard InChI is InChI=1S/C21H18ClNO5/c22-17-10-16-15(14-4-2-1-3-5-14)11-21(25)28-18(16)12-19(17)27-13-20(24)23-6-8-26-9-7-23/h1-5,10-12H,6-9,13H2. The molecule has 1 aromatic heterocycles. The first-order valence-corrected chi connectivity index (χ1v) is 9.31. The van der Waals surface area contributed by atoms with Gasteiger partial charge in [-0.1, -0.05) is 41.9 Å². The molecule has 0 aliphatic carbocycles. The Hall–Kier alpha value is -2.83. The van der Waals surface area contributed by atoms with Gasteiger partial charge in [-0.3, -0.25) is 4.79 Å². The van der Waals surface area contributed by atoms with Crippen molar-refractivity contribution in [2.24, 2.45) is 0 Å². The molecule has 2 aromatic carbocycles. The molecule has 0 saturated carbocycles. The van der Waals surface area contributed by atoms with Crippen LogP contribution in [-0.2, 0) is 9.53 Å². The number of carbonyl (C=O) groups excluding carboxylic acids is 1. The molecule has 0 bridgehead atoms. The Bertz CT molecular complexity index is 1060. The topological polar surface area (TPSA) is 69.0 Å². The molecule has 144 valence electrons. The summed E-state index contributed by atoms with van der Waals surface area (Å²) in [7, 11) is 0. The molecular formula is C21H18ClNO5. The summed E-state index contributed by atoms with van der Waals surface area (Å²) < 4.78 is 16.2. The number of hydrogen-bond donors (Lipinski definition) is 0. The van der Waals surface area contributed by atoms with Crippen LogP contribution in [0.15, 0.2) is 57.7 Å². The highest BCUT2D eigenvalue weighted by Gasteiger charge is 2.18. The van der Waals surface area contributed by atoms with Crippen molar-refractivity contribution in [3.63, 3.8) is 0 Å². The van der Waals surface area contributed by atoms with Gasteiger partial charge in [0.15, 0.2) is 6.61 Å². The van der Waals surface area contributed by atoms with Gasteiger partial charge in [-0.15, -0.1) is 0 Å². The van der Waals surface area contributed by atoms with E-state index in [0.29, 0.717) is 48.0 Å². The Morgan fingerprint density at radius 3 is 2.61 bits per heavy atom.